The number of fused-ring (bicyclic) bond motifs is 2. The van der Waals surface area contributed by atoms with E-state index >= 15 is 0 Å². The van der Waals surface area contributed by atoms with E-state index in [0.717, 1.165) is 17.7 Å². The van der Waals surface area contributed by atoms with Crippen molar-refractivity contribution in [2.24, 2.45) is 5.92 Å². The van der Waals surface area contributed by atoms with Crippen molar-refractivity contribution in [3.63, 3.8) is 0 Å². The molecule has 1 aromatic carbocycles. The van der Waals surface area contributed by atoms with E-state index in [1.54, 1.807) is 0 Å². The molecule has 0 bridgehead atoms. The van der Waals surface area contributed by atoms with Crippen molar-refractivity contribution in [3.05, 3.63) is 29.8 Å². The molecule has 1 spiro atoms. The minimum Gasteiger partial charge on any atom is -0.481 e. The highest BCUT2D eigenvalue weighted by Crippen LogP contribution is 2.52. The van der Waals surface area contributed by atoms with E-state index in [1.165, 1.54) is 0 Å². The van der Waals surface area contributed by atoms with Gasteiger partial charge in [0.2, 0.25) is 5.91 Å². The number of carboxylic acids is 1. The van der Waals surface area contributed by atoms with Gasteiger partial charge >= 0.3 is 5.97 Å². The number of anilines is 1. The van der Waals surface area contributed by atoms with E-state index in [0.29, 0.717) is 12.8 Å². The predicted molar refractivity (Wildman–Crippen MR) is 76.0 cm³/mol. The number of benzene rings is 1. The Morgan fingerprint density at radius 3 is 2.81 bits per heavy atom. The Morgan fingerprint density at radius 1 is 1.29 bits per heavy atom. The normalized spacial score (nSPS) is 26.7. The second-order valence-electron chi connectivity index (χ2n) is 5.78. The maximum Gasteiger partial charge on any atom is 0.303 e. The molecule has 5 nitrogen and oxygen atoms in total. The molecule has 1 aliphatic carbocycles. The van der Waals surface area contributed by atoms with Crippen LogP contribution >= 0.6 is 0 Å². The zero-order chi connectivity index (χ0) is 15.0. The van der Waals surface area contributed by atoms with Gasteiger partial charge in [-0.25, -0.2) is 0 Å². The number of hydrogen-bond acceptors (Lipinski definition) is 3. The van der Waals surface area contributed by atoms with E-state index in [1.807, 2.05) is 24.3 Å². The molecule has 1 saturated carbocycles. The van der Waals surface area contributed by atoms with Crippen molar-refractivity contribution in [2.45, 2.75) is 37.5 Å². The van der Waals surface area contributed by atoms with Gasteiger partial charge in [-0.3, -0.25) is 14.4 Å². The number of amides is 1. The minimum absolute atomic E-state index is 0.00278. The number of Topliss-reactive ketones (excluding diaryl/α,β-unsaturated/α-hetero) is 1. The Bertz CT molecular complexity index is 624. The largest absolute Gasteiger partial charge is 0.481 e. The number of nitrogens with one attached hydrogen (secondary N) is 1. The Kier molecular flexibility index (Phi) is 3.27. The average molecular weight is 287 g/mol. The van der Waals surface area contributed by atoms with Crippen LogP contribution in [-0.4, -0.2) is 22.8 Å². The second kappa shape index (κ2) is 4.98. The van der Waals surface area contributed by atoms with E-state index < -0.39 is 17.3 Å². The van der Waals surface area contributed by atoms with Gasteiger partial charge < -0.3 is 10.4 Å². The van der Waals surface area contributed by atoms with Gasteiger partial charge in [-0.05, 0) is 24.5 Å². The summed E-state index contributed by atoms with van der Waals surface area (Å²) in [5.41, 5.74) is 0.883. The lowest BCUT2D eigenvalue weighted by Gasteiger charge is -2.28. The Balaban J connectivity index is 1.94. The molecule has 3 rings (SSSR count). The Morgan fingerprint density at radius 2 is 2.05 bits per heavy atom. The fourth-order valence-electron chi connectivity index (χ4n) is 3.78. The number of rotatable bonds is 4. The molecular formula is C16H17NO4. The third-order valence-corrected chi connectivity index (χ3v) is 4.69. The monoisotopic (exact) mass is 287 g/mol. The standard InChI is InChI=1S/C16H17NO4/c18-13(7-8-14(19)20)11-5-3-9-16(11)10-4-1-2-6-12(10)17-15(16)21/h1-2,4,6,11H,3,5,7-9H2,(H,17,21)(H,19,20). The van der Waals surface area contributed by atoms with Crippen LogP contribution in [0.4, 0.5) is 5.69 Å². The summed E-state index contributed by atoms with van der Waals surface area (Å²) in [6.45, 7) is 0. The number of ketones is 1. The molecule has 2 aliphatic rings. The first-order valence-corrected chi connectivity index (χ1v) is 7.21. The van der Waals surface area contributed by atoms with Gasteiger partial charge in [0.25, 0.3) is 0 Å². The van der Waals surface area contributed by atoms with Gasteiger partial charge in [0, 0.05) is 18.0 Å². The first kappa shape index (κ1) is 13.8. The number of aliphatic carboxylic acids is 1. The first-order valence-electron chi connectivity index (χ1n) is 7.21. The molecule has 0 saturated heterocycles. The summed E-state index contributed by atoms with van der Waals surface area (Å²) < 4.78 is 0. The van der Waals surface area contributed by atoms with Crippen LogP contribution in [0.3, 0.4) is 0 Å². The fraction of sp³-hybridized carbons (Fsp3) is 0.438. The number of hydrogen-bond donors (Lipinski definition) is 2. The molecule has 1 heterocycles. The summed E-state index contributed by atoms with van der Waals surface area (Å²) in [4.78, 5) is 35.6. The number of carbonyl (C=O) groups excluding carboxylic acids is 2. The molecule has 110 valence electrons. The maximum absolute atomic E-state index is 12.5. The van der Waals surface area contributed by atoms with Crippen molar-refractivity contribution in [3.8, 4) is 0 Å². The van der Waals surface area contributed by atoms with Crippen LogP contribution in [0.1, 0.15) is 37.7 Å². The van der Waals surface area contributed by atoms with E-state index in [4.69, 9.17) is 5.11 Å². The minimum atomic E-state index is -0.980. The van der Waals surface area contributed by atoms with E-state index in [-0.39, 0.29) is 24.5 Å². The summed E-state index contributed by atoms with van der Waals surface area (Å²) in [6.07, 6.45) is 1.94. The lowest BCUT2D eigenvalue weighted by atomic mass is 9.71. The van der Waals surface area contributed by atoms with Crippen LogP contribution in [0.5, 0.6) is 0 Å². The molecular weight excluding hydrogens is 270 g/mol. The third kappa shape index (κ3) is 2.04. The van der Waals surface area contributed by atoms with Crippen molar-refractivity contribution in [1.82, 2.24) is 0 Å². The van der Waals surface area contributed by atoms with Gasteiger partial charge in [-0.1, -0.05) is 24.6 Å². The third-order valence-electron chi connectivity index (χ3n) is 4.69. The molecule has 1 aliphatic heterocycles. The predicted octanol–water partition coefficient (Wildman–Crippen LogP) is 2.11. The van der Waals surface area contributed by atoms with E-state index in [9.17, 15) is 14.4 Å². The molecule has 0 aromatic heterocycles. The summed E-state index contributed by atoms with van der Waals surface area (Å²) in [6, 6.07) is 7.47. The van der Waals surface area contributed by atoms with Crippen LogP contribution in [0.15, 0.2) is 24.3 Å². The number of para-hydroxylation sites is 1. The molecule has 2 unspecified atom stereocenters. The van der Waals surface area contributed by atoms with Crippen LogP contribution < -0.4 is 5.32 Å². The number of carboxylic acid groups (broad SMARTS) is 1. The van der Waals surface area contributed by atoms with Crippen molar-refractivity contribution in [2.75, 3.05) is 5.32 Å². The molecule has 0 radical (unpaired) electrons. The Hall–Kier alpha value is -2.17. The zero-order valence-electron chi connectivity index (χ0n) is 11.6. The topological polar surface area (TPSA) is 83.5 Å². The van der Waals surface area contributed by atoms with Gasteiger partial charge in [-0.15, -0.1) is 0 Å². The molecule has 1 amide bonds. The SMILES string of the molecule is O=C(O)CCC(=O)C1CCCC12C(=O)Nc1ccccc12. The summed E-state index contributed by atoms with van der Waals surface area (Å²) in [5, 5.41) is 11.6. The summed E-state index contributed by atoms with van der Waals surface area (Å²) in [7, 11) is 0. The second-order valence-corrected chi connectivity index (χ2v) is 5.78. The molecule has 1 fully saturated rings. The lowest BCUT2D eigenvalue weighted by molar-refractivity contribution is -0.139. The van der Waals surface area contributed by atoms with Gasteiger partial charge in [-0.2, -0.15) is 0 Å². The highest BCUT2D eigenvalue weighted by Gasteiger charge is 2.56. The van der Waals surface area contributed by atoms with Crippen molar-refractivity contribution >= 4 is 23.3 Å². The van der Waals surface area contributed by atoms with E-state index in [2.05, 4.69) is 5.32 Å². The Labute approximate surface area is 122 Å². The fourth-order valence-corrected chi connectivity index (χ4v) is 3.78. The van der Waals surface area contributed by atoms with Crippen molar-refractivity contribution in [1.29, 1.82) is 0 Å². The van der Waals surface area contributed by atoms with Crippen LogP contribution in [-0.2, 0) is 19.8 Å². The first-order chi connectivity index (χ1) is 10.1. The van der Waals surface area contributed by atoms with Gasteiger partial charge in [0.15, 0.2) is 0 Å². The molecule has 2 atom stereocenters. The number of carbonyl (C=O) groups is 3. The summed E-state index contributed by atoms with van der Waals surface area (Å²) >= 11 is 0. The van der Waals surface area contributed by atoms with Crippen LogP contribution in [0.25, 0.3) is 0 Å². The van der Waals surface area contributed by atoms with Crippen LogP contribution in [0, 0.1) is 5.92 Å². The van der Waals surface area contributed by atoms with Crippen molar-refractivity contribution < 1.29 is 19.5 Å². The maximum atomic E-state index is 12.5. The molecule has 1 aromatic rings. The zero-order valence-corrected chi connectivity index (χ0v) is 11.6. The van der Waals surface area contributed by atoms with Gasteiger partial charge in [0.1, 0.15) is 5.78 Å². The van der Waals surface area contributed by atoms with Gasteiger partial charge in [0.05, 0.1) is 11.8 Å². The molecule has 2 N–H and O–H groups in total. The molecule has 5 heteroatoms. The van der Waals surface area contributed by atoms with Crippen LogP contribution in [0.2, 0.25) is 0 Å². The summed E-state index contributed by atoms with van der Waals surface area (Å²) in [5.74, 6) is -1.61. The average Bonchev–Trinajstić information content (AvgIpc) is 3.01. The quantitative estimate of drug-likeness (QED) is 0.888. The highest BCUT2D eigenvalue weighted by atomic mass is 16.4. The smallest absolute Gasteiger partial charge is 0.303 e. The highest BCUT2D eigenvalue weighted by molar-refractivity contribution is 6.09. The molecule has 21 heavy (non-hydrogen) atoms. The lowest BCUT2D eigenvalue weighted by Crippen LogP contribution is -2.41.